The molecule has 0 aliphatic carbocycles. The largest absolute Gasteiger partial charge is 0.506 e. The molecule has 0 unspecified atom stereocenters. The van der Waals surface area contributed by atoms with Crippen LogP contribution in [0.1, 0.15) is 15.9 Å². The molecule has 4 N–H and O–H groups in total. The summed E-state index contributed by atoms with van der Waals surface area (Å²) in [5, 5.41) is 26.5. The highest BCUT2D eigenvalue weighted by atomic mass is 16.4. The highest BCUT2D eigenvalue weighted by Crippen LogP contribution is 2.29. The van der Waals surface area contributed by atoms with Crippen LogP contribution in [0.4, 0.5) is 11.4 Å². The molecule has 2 rings (SSSR count). The van der Waals surface area contributed by atoms with Gasteiger partial charge in [-0.05, 0) is 54.9 Å². The average Bonchev–Trinajstić information content (AvgIpc) is 2.48. The van der Waals surface area contributed by atoms with Crippen molar-refractivity contribution in [1.82, 2.24) is 0 Å². The van der Waals surface area contributed by atoms with Crippen molar-refractivity contribution in [2.24, 2.45) is 16.0 Å². The van der Waals surface area contributed by atoms with Crippen LogP contribution >= 0.6 is 0 Å². The number of nitrogens with two attached hydrogens (primary N) is 1. The predicted molar refractivity (Wildman–Crippen MR) is 78.4 cm³/mol. The molecule has 0 bridgehead atoms. The molecule has 0 atom stereocenters. The van der Waals surface area contributed by atoms with Crippen LogP contribution in [0.25, 0.3) is 0 Å². The lowest BCUT2D eigenvalue weighted by Crippen LogP contribution is -2.02. The summed E-state index contributed by atoms with van der Waals surface area (Å²) in [5.41, 5.74) is 7.49. The fourth-order valence-electron chi connectivity index (χ4n) is 1.75. The first kappa shape index (κ1) is 14.7. The van der Waals surface area contributed by atoms with Crippen LogP contribution in [0.5, 0.6) is 5.75 Å². The van der Waals surface area contributed by atoms with E-state index in [4.69, 9.17) is 10.8 Å². The van der Waals surface area contributed by atoms with Crippen molar-refractivity contribution in [3.63, 3.8) is 0 Å². The maximum Gasteiger partial charge on any atom is 0.335 e. The Balaban J connectivity index is 2.20. The van der Waals surface area contributed by atoms with Crippen molar-refractivity contribution in [3.8, 4) is 5.75 Å². The molecule has 21 heavy (non-hydrogen) atoms. The Labute approximate surface area is 121 Å². The number of carboxylic acid groups (broad SMARTS) is 1. The van der Waals surface area contributed by atoms with E-state index in [9.17, 15) is 9.90 Å². The summed E-state index contributed by atoms with van der Waals surface area (Å²) in [6, 6.07) is 11.0. The molecule has 2 aromatic rings. The Morgan fingerprint density at radius 3 is 2.43 bits per heavy atom. The van der Waals surface area contributed by atoms with Crippen molar-refractivity contribution < 1.29 is 15.0 Å². The second-order valence-electron chi connectivity index (χ2n) is 4.41. The number of nitrogens with zero attached hydrogens (tertiary/aromatic N) is 2. The molecule has 6 heteroatoms. The second-order valence-corrected chi connectivity index (χ2v) is 4.41. The maximum atomic E-state index is 10.7. The smallest absolute Gasteiger partial charge is 0.335 e. The van der Waals surface area contributed by atoms with Crippen LogP contribution in [0.15, 0.2) is 52.7 Å². The van der Waals surface area contributed by atoms with Gasteiger partial charge in [0, 0.05) is 0 Å². The van der Waals surface area contributed by atoms with E-state index < -0.39 is 5.97 Å². The number of hydrogen-bond donors (Lipinski definition) is 3. The Bertz CT molecular complexity index is 666. The van der Waals surface area contributed by atoms with Crippen LogP contribution in [0.3, 0.4) is 0 Å². The minimum atomic E-state index is -0.995. The number of aromatic hydroxyl groups is 1. The lowest BCUT2D eigenvalue weighted by Gasteiger charge is -2.02. The van der Waals surface area contributed by atoms with Crippen molar-refractivity contribution >= 4 is 17.3 Å². The van der Waals surface area contributed by atoms with Gasteiger partial charge in [0.2, 0.25) is 0 Å². The van der Waals surface area contributed by atoms with E-state index in [-0.39, 0.29) is 11.3 Å². The van der Waals surface area contributed by atoms with E-state index in [1.807, 2.05) is 0 Å². The molecule has 0 radical (unpaired) electrons. The van der Waals surface area contributed by atoms with E-state index in [0.29, 0.717) is 24.3 Å². The quantitative estimate of drug-likeness (QED) is 0.733. The van der Waals surface area contributed by atoms with Gasteiger partial charge in [0.25, 0.3) is 0 Å². The van der Waals surface area contributed by atoms with Crippen molar-refractivity contribution in [3.05, 3.63) is 53.6 Å². The minimum absolute atomic E-state index is 0.0293. The number of rotatable bonds is 5. The predicted octanol–water partition coefficient (Wildman–Crippen LogP) is 3.01. The lowest BCUT2D eigenvalue weighted by atomic mass is 10.1. The molecule has 2 aromatic carbocycles. The zero-order valence-electron chi connectivity index (χ0n) is 11.2. The first-order valence-electron chi connectivity index (χ1n) is 6.37. The summed E-state index contributed by atoms with van der Waals surface area (Å²) in [6.45, 7) is 0.512. The fraction of sp³-hybridized carbons (Fsp3) is 0.133. The van der Waals surface area contributed by atoms with E-state index >= 15 is 0 Å². The number of hydrogen-bond acceptors (Lipinski definition) is 5. The zero-order valence-corrected chi connectivity index (χ0v) is 11.2. The summed E-state index contributed by atoms with van der Waals surface area (Å²) >= 11 is 0. The third-order valence-electron chi connectivity index (χ3n) is 2.86. The number of phenols is 1. The third kappa shape index (κ3) is 3.87. The average molecular weight is 285 g/mol. The van der Waals surface area contributed by atoms with Crippen LogP contribution in [-0.4, -0.2) is 22.7 Å². The fourth-order valence-corrected chi connectivity index (χ4v) is 1.75. The molecule has 0 aliphatic heterocycles. The van der Waals surface area contributed by atoms with Crippen LogP contribution in [0.2, 0.25) is 0 Å². The summed E-state index contributed by atoms with van der Waals surface area (Å²) < 4.78 is 0. The second kappa shape index (κ2) is 6.62. The Morgan fingerprint density at radius 2 is 1.81 bits per heavy atom. The topological polar surface area (TPSA) is 108 Å². The summed E-state index contributed by atoms with van der Waals surface area (Å²) in [6.07, 6.45) is 0.691. The van der Waals surface area contributed by atoms with Gasteiger partial charge in [-0.3, -0.25) is 0 Å². The Kier molecular flexibility index (Phi) is 4.63. The molecule has 0 amide bonds. The van der Waals surface area contributed by atoms with Gasteiger partial charge in [0.15, 0.2) is 0 Å². The minimum Gasteiger partial charge on any atom is -0.506 e. The molecule has 0 aliphatic rings. The van der Waals surface area contributed by atoms with E-state index in [0.717, 1.165) is 5.56 Å². The van der Waals surface area contributed by atoms with Gasteiger partial charge in [-0.25, -0.2) is 4.79 Å². The molecule has 108 valence electrons. The molecule has 0 saturated heterocycles. The van der Waals surface area contributed by atoms with Crippen molar-refractivity contribution in [2.75, 3.05) is 6.54 Å². The Morgan fingerprint density at radius 1 is 1.10 bits per heavy atom. The van der Waals surface area contributed by atoms with Gasteiger partial charge >= 0.3 is 5.97 Å². The zero-order chi connectivity index (χ0) is 15.2. The van der Waals surface area contributed by atoms with Gasteiger partial charge in [-0.1, -0.05) is 6.07 Å². The van der Waals surface area contributed by atoms with Crippen LogP contribution in [-0.2, 0) is 6.42 Å². The number of phenolic OH excluding ortho intramolecular Hbond substituents is 1. The first-order chi connectivity index (χ1) is 10.1. The van der Waals surface area contributed by atoms with Gasteiger partial charge in [-0.15, -0.1) is 5.11 Å². The maximum absolute atomic E-state index is 10.7. The van der Waals surface area contributed by atoms with Crippen LogP contribution < -0.4 is 5.73 Å². The summed E-state index contributed by atoms with van der Waals surface area (Å²) in [7, 11) is 0. The molecule has 6 nitrogen and oxygen atoms in total. The highest BCUT2D eigenvalue weighted by molar-refractivity contribution is 5.87. The number of carboxylic acids is 1. The summed E-state index contributed by atoms with van der Waals surface area (Å²) in [5.74, 6) is -0.965. The standard InChI is InChI=1S/C15H15N3O3/c16-8-7-10-1-6-14(19)13(9-10)18-17-12-4-2-11(3-5-12)15(20)21/h1-6,9,19H,7-8,16H2,(H,20,21)/b18-17+. The van der Waals surface area contributed by atoms with Gasteiger partial charge in [0.1, 0.15) is 11.4 Å². The van der Waals surface area contributed by atoms with Crippen molar-refractivity contribution in [2.45, 2.75) is 6.42 Å². The molecule has 0 fully saturated rings. The Hall–Kier alpha value is -2.73. The molecule has 0 heterocycles. The van der Waals surface area contributed by atoms with E-state index in [1.165, 1.54) is 12.1 Å². The van der Waals surface area contributed by atoms with Crippen LogP contribution in [0, 0.1) is 0 Å². The molecule has 0 aromatic heterocycles. The lowest BCUT2D eigenvalue weighted by molar-refractivity contribution is 0.0697. The van der Waals surface area contributed by atoms with E-state index in [2.05, 4.69) is 10.2 Å². The van der Waals surface area contributed by atoms with Gasteiger partial charge in [-0.2, -0.15) is 5.11 Å². The van der Waals surface area contributed by atoms with Gasteiger partial charge in [0.05, 0.1) is 11.3 Å². The SMILES string of the molecule is NCCc1ccc(O)c(/N=N/c2ccc(C(=O)O)cc2)c1. The number of carbonyl (C=O) groups is 1. The summed E-state index contributed by atoms with van der Waals surface area (Å²) in [4.78, 5) is 10.7. The highest BCUT2D eigenvalue weighted by Gasteiger charge is 2.03. The van der Waals surface area contributed by atoms with Crippen molar-refractivity contribution in [1.29, 1.82) is 0 Å². The number of aromatic carboxylic acids is 1. The third-order valence-corrected chi connectivity index (χ3v) is 2.86. The molecule has 0 saturated carbocycles. The van der Waals surface area contributed by atoms with E-state index in [1.54, 1.807) is 30.3 Å². The number of benzene rings is 2. The monoisotopic (exact) mass is 285 g/mol. The molecular weight excluding hydrogens is 270 g/mol. The number of azo groups is 1. The molecular formula is C15H15N3O3. The van der Waals surface area contributed by atoms with Gasteiger partial charge < -0.3 is 15.9 Å². The first-order valence-corrected chi connectivity index (χ1v) is 6.37. The molecule has 0 spiro atoms. The normalized spacial score (nSPS) is 10.9.